The molecule has 4 nitrogen and oxygen atoms in total. The van der Waals surface area contributed by atoms with Crippen LogP contribution in [0.15, 0.2) is 127 Å². The quantitative estimate of drug-likeness (QED) is 0.117. The fraction of sp³-hybridized carbons (Fsp3) is 0.514. The van der Waals surface area contributed by atoms with Gasteiger partial charge in [0.05, 0.1) is 10.6 Å². The first-order valence-corrected chi connectivity index (χ1v) is 30.3. The van der Waals surface area contributed by atoms with Crippen molar-refractivity contribution in [1.29, 1.82) is 0 Å². The molecular weight excluding hydrogens is 967 g/mol. The van der Waals surface area contributed by atoms with E-state index in [1.54, 1.807) is 0 Å². The zero-order valence-electron chi connectivity index (χ0n) is 51.9. The summed E-state index contributed by atoms with van der Waals surface area (Å²) in [7, 11) is -3.24. The van der Waals surface area contributed by atoms with Gasteiger partial charge in [0.25, 0.3) is 0 Å². The number of benzene rings is 5. The van der Waals surface area contributed by atoms with Gasteiger partial charge >= 0.3 is 16.8 Å². The lowest BCUT2D eigenvalue weighted by molar-refractivity contribution is 0.0948. The van der Waals surface area contributed by atoms with Crippen LogP contribution in [0.1, 0.15) is 213 Å². The Balaban J connectivity index is 1.43. The Morgan fingerprint density at radius 1 is 0.395 bits per heavy atom. The molecule has 0 aliphatic heterocycles. The lowest BCUT2D eigenvalue weighted by Gasteiger charge is -2.47. The molecule has 412 valence electrons. The van der Waals surface area contributed by atoms with Gasteiger partial charge in [0.15, 0.2) is 0 Å². The number of hydrogen-bond acceptors (Lipinski definition) is 4. The van der Waals surface area contributed by atoms with Gasteiger partial charge in [0.1, 0.15) is 23.0 Å². The summed E-state index contributed by atoms with van der Waals surface area (Å²) in [6.07, 6.45) is 6.42. The molecule has 0 amide bonds. The van der Waals surface area contributed by atoms with Crippen molar-refractivity contribution < 1.29 is 18.1 Å². The second kappa shape index (κ2) is 21.7. The first-order valence-electron chi connectivity index (χ1n) is 27.9. The summed E-state index contributed by atoms with van der Waals surface area (Å²) < 4.78 is 29.1. The Hall–Kier alpha value is -4.36. The average molecular weight is 1070 g/mol. The Labute approximate surface area is 466 Å². The minimum atomic E-state index is -1.62. The van der Waals surface area contributed by atoms with Crippen LogP contribution in [0, 0.1) is 21.7 Å². The van der Waals surface area contributed by atoms with Gasteiger partial charge in [0.2, 0.25) is 0 Å². The van der Waals surface area contributed by atoms with E-state index < -0.39 is 16.8 Å². The highest BCUT2D eigenvalue weighted by Crippen LogP contribution is 2.58. The highest BCUT2D eigenvalue weighted by atomic mass is 31.2. The molecule has 6 rings (SSSR count). The first kappa shape index (κ1) is 60.9. The summed E-state index contributed by atoms with van der Waals surface area (Å²) in [5.74, 6) is 3.55. The van der Waals surface area contributed by atoms with Crippen molar-refractivity contribution in [2.24, 2.45) is 21.7 Å². The highest BCUT2D eigenvalue weighted by Gasteiger charge is 2.47. The van der Waals surface area contributed by atoms with E-state index in [4.69, 9.17) is 18.1 Å². The van der Waals surface area contributed by atoms with E-state index >= 15 is 0 Å². The molecule has 3 unspecified atom stereocenters. The van der Waals surface area contributed by atoms with Crippen molar-refractivity contribution in [3.8, 4) is 28.4 Å². The summed E-state index contributed by atoms with van der Waals surface area (Å²) in [6.45, 7) is 57.3. The van der Waals surface area contributed by atoms with E-state index in [1.807, 2.05) is 0 Å². The van der Waals surface area contributed by atoms with E-state index in [-0.39, 0.29) is 48.7 Å². The molecule has 76 heavy (non-hydrogen) atoms. The lowest BCUT2D eigenvalue weighted by atomic mass is 9.60. The van der Waals surface area contributed by atoms with Crippen LogP contribution < -0.4 is 24.2 Å². The second-order valence-corrected chi connectivity index (χ2v) is 33.2. The van der Waals surface area contributed by atoms with Gasteiger partial charge in [0, 0.05) is 22.1 Å². The molecule has 3 atom stereocenters. The molecule has 0 saturated carbocycles. The van der Waals surface area contributed by atoms with Crippen molar-refractivity contribution in [3.05, 3.63) is 160 Å². The molecule has 0 aromatic heterocycles. The molecule has 5 aromatic rings. The molecule has 0 spiro atoms. The van der Waals surface area contributed by atoms with Crippen LogP contribution in [-0.4, -0.2) is 0 Å². The normalized spacial score (nSPS) is 17.1. The number of rotatable bonds is 12. The predicted molar refractivity (Wildman–Crippen MR) is 332 cm³/mol. The van der Waals surface area contributed by atoms with Gasteiger partial charge in [-0.2, -0.15) is 0 Å². The van der Waals surface area contributed by atoms with Gasteiger partial charge in [-0.15, -0.1) is 0 Å². The summed E-state index contributed by atoms with van der Waals surface area (Å²) in [5.41, 5.74) is 10.4. The number of allylic oxidation sites excluding steroid dienone is 4. The SMILES string of the molecule is CC(C)(C)Cc1ccc(OP(Oc2ccc(C(C)(C)C)cc2C(C)(C)C)c2ccc(-c3ccc(P(OC4=CC=C(C(C)(C)C)CC4(C)C(C)(C)C)Oc4ccc(C(C)(C)C)cc4C(C)(C)C)cc3)cc2)c(C(C)(C)C)c1. The molecule has 1 aliphatic carbocycles. The topological polar surface area (TPSA) is 36.9 Å². The summed E-state index contributed by atoms with van der Waals surface area (Å²) in [5, 5.41) is 2.01. The molecular formula is C70H98O4P2. The lowest BCUT2D eigenvalue weighted by Crippen LogP contribution is -2.38. The molecule has 0 radical (unpaired) electrons. The maximum atomic E-state index is 7.38. The zero-order chi connectivity index (χ0) is 57.0. The van der Waals surface area contributed by atoms with Gasteiger partial charge < -0.3 is 18.1 Å². The molecule has 6 heteroatoms. The standard InChI is InChI=1S/C70H98O4P2/c1-62(2,3)45-47-26-38-58(55(42-47)66(13,14)15)71-75(72-59-39-31-50(63(4,5)6)43-56(59)67(16,17)18)53-34-27-48(28-35-53)49-29-36-54(37-30-49)76(73-60-40-32-51(64(7,8)9)44-57(60)68(19,20)21)74-61-41-33-52(65(10,11)12)46-70(61,25)69(22,23)24/h26-44H,45-46H2,1-25H3. The largest absolute Gasteiger partial charge is 0.439 e. The van der Waals surface area contributed by atoms with E-state index in [0.29, 0.717) is 0 Å². The van der Waals surface area contributed by atoms with Crippen LogP contribution in [0.2, 0.25) is 0 Å². The third-order valence-electron chi connectivity index (χ3n) is 15.3. The van der Waals surface area contributed by atoms with Crippen molar-refractivity contribution in [2.75, 3.05) is 0 Å². The molecule has 1 aliphatic rings. The first-order chi connectivity index (χ1) is 34.5. The van der Waals surface area contributed by atoms with Crippen LogP contribution in [0.5, 0.6) is 17.2 Å². The van der Waals surface area contributed by atoms with Crippen LogP contribution in [0.3, 0.4) is 0 Å². The van der Waals surface area contributed by atoms with Crippen molar-refractivity contribution in [3.63, 3.8) is 0 Å². The third kappa shape index (κ3) is 14.9. The Morgan fingerprint density at radius 3 is 1.11 bits per heavy atom. The molecule has 0 fully saturated rings. The van der Waals surface area contributed by atoms with E-state index in [2.05, 4.69) is 288 Å². The molecule has 5 aromatic carbocycles. The average Bonchev–Trinajstić information content (AvgIpc) is 3.27. The van der Waals surface area contributed by atoms with Gasteiger partial charge in [-0.25, -0.2) is 0 Å². The Kier molecular flexibility index (Phi) is 17.4. The fourth-order valence-electron chi connectivity index (χ4n) is 9.61. The van der Waals surface area contributed by atoms with Gasteiger partial charge in [-0.3, -0.25) is 0 Å². The van der Waals surface area contributed by atoms with Gasteiger partial charge in [-0.05, 0) is 133 Å². The van der Waals surface area contributed by atoms with E-state index in [1.165, 1.54) is 39.0 Å². The van der Waals surface area contributed by atoms with Crippen molar-refractivity contribution in [2.45, 2.75) is 213 Å². The van der Waals surface area contributed by atoms with Crippen molar-refractivity contribution >= 4 is 27.4 Å². The predicted octanol–water partition coefficient (Wildman–Crippen LogP) is 20.9. The van der Waals surface area contributed by atoms with Crippen LogP contribution >= 0.6 is 16.8 Å². The molecule has 0 N–H and O–H groups in total. The maximum absolute atomic E-state index is 7.38. The second-order valence-electron chi connectivity index (χ2n) is 30.4. The van der Waals surface area contributed by atoms with Crippen LogP contribution in [0.4, 0.5) is 0 Å². The fourth-order valence-corrected chi connectivity index (χ4v) is 12.4. The summed E-state index contributed by atoms with van der Waals surface area (Å²) in [6, 6.07) is 37.8. The highest BCUT2D eigenvalue weighted by molar-refractivity contribution is 7.57. The zero-order valence-corrected chi connectivity index (χ0v) is 53.7. The molecule has 0 bridgehead atoms. The summed E-state index contributed by atoms with van der Waals surface area (Å²) in [4.78, 5) is 0. The monoisotopic (exact) mass is 1060 g/mol. The smallest absolute Gasteiger partial charge is 0.326 e. The van der Waals surface area contributed by atoms with Crippen LogP contribution in [-0.2, 0) is 38.0 Å². The molecule has 0 saturated heterocycles. The van der Waals surface area contributed by atoms with Crippen LogP contribution in [0.25, 0.3) is 11.1 Å². The van der Waals surface area contributed by atoms with E-state index in [9.17, 15) is 0 Å². The maximum Gasteiger partial charge on any atom is 0.326 e. The van der Waals surface area contributed by atoms with E-state index in [0.717, 1.165) is 57.6 Å². The third-order valence-corrected chi connectivity index (χ3v) is 18.1. The summed E-state index contributed by atoms with van der Waals surface area (Å²) >= 11 is 0. The minimum Gasteiger partial charge on any atom is -0.439 e. The Morgan fingerprint density at radius 2 is 0.763 bits per heavy atom. The number of hydrogen-bond donors (Lipinski definition) is 0. The molecule has 0 heterocycles. The Bertz CT molecular complexity index is 2880. The minimum absolute atomic E-state index is 0.00352. The van der Waals surface area contributed by atoms with Crippen molar-refractivity contribution in [1.82, 2.24) is 0 Å². The van der Waals surface area contributed by atoms with Gasteiger partial charge in [-0.1, -0.05) is 245 Å².